The summed E-state index contributed by atoms with van der Waals surface area (Å²) >= 11 is 2.56. The van der Waals surface area contributed by atoms with Crippen molar-refractivity contribution in [3.8, 4) is 11.5 Å². The number of ketones is 1. The highest BCUT2D eigenvalue weighted by molar-refractivity contribution is 14.1. The Kier molecular flexibility index (Phi) is 7.67. The van der Waals surface area contributed by atoms with Crippen LogP contribution in [0.2, 0.25) is 0 Å². The average Bonchev–Trinajstić information content (AvgIpc) is 3.24. The minimum atomic E-state index is 0.0173. The summed E-state index contributed by atoms with van der Waals surface area (Å²) in [7, 11) is 1.60. The van der Waals surface area contributed by atoms with Gasteiger partial charge in [-0.15, -0.1) is 0 Å². The number of hydrogen-bond donors (Lipinski definition) is 0. The minimum Gasteiger partial charge on any atom is -0.493 e. The highest BCUT2D eigenvalue weighted by Gasteiger charge is 2.30. The van der Waals surface area contributed by atoms with Crippen molar-refractivity contribution >= 4 is 39.3 Å². The lowest BCUT2D eigenvalue weighted by molar-refractivity contribution is 0.101. The second-order valence-corrected chi connectivity index (χ2v) is 9.67. The van der Waals surface area contributed by atoms with E-state index in [0.717, 1.165) is 55.4 Å². The van der Waals surface area contributed by atoms with E-state index in [-0.39, 0.29) is 5.78 Å². The fraction of sp³-hybridized carbons (Fsp3) is 0.440. The molecule has 1 fully saturated rings. The molecule has 1 aromatic heterocycles. The van der Waals surface area contributed by atoms with E-state index in [4.69, 9.17) is 14.0 Å². The Hall–Kier alpha value is -2.13. The van der Waals surface area contributed by atoms with Crippen LogP contribution in [0.1, 0.15) is 54.6 Å². The van der Waals surface area contributed by atoms with Crippen LogP contribution in [0.4, 0.5) is 0 Å². The van der Waals surface area contributed by atoms with Gasteiger partial charge in [0.05, 0.1) is 23.5 Å². The quantitative estimate of drug-likeness (QED) is 0.110. The number of ether oxygens (including phenoxy) is 2. The van der Waals surface area contributed by atoms with Crippen LogP contribution in [0.25, 0.3) is 11.0 Å². The van der Waals surface area contributed by atoms with Crippen molar-refractivity contribution in [2.75, 3.05) is 26.8 Å². The topological polar surface area (TPSA) is 64.8 Å². The molecule has 1 aliphatic rings. The first kappa shape index (κ1) is 23.0. The second-order valence-electron chi connectivity index (χ2n) is 8.23. The minimum absolute atomic E-state index is 0.0173. The molecule has 3 aromatic rings. The molecule has 0 bridgehead atoms. The molecule has 0 N–H and O–H groups in total. The molecule has 0 saturated carbocycles. The predicted octanol–water partition coefficient (Wildman–Crippen LogP) is 5.84. The number of aromatic nitrogens is 1. The number of hydrogen-bond acceptors (Lipinski definition) is 6. The number of rotatable bonds is 9. The molecule has 2 atom stereocenters. The van der Waals surface area contributed by atoms with Gasteiger partial charge in [0.1, 0.15) is 0 Å². The van der Waals surface area contributed by atoms with Crippen LogP contribution in [-0.2, 0) is 0 Å². The Balaban J connectivity index is 1.22. The average molecular weight is 548 g/mol. The molecule has 2 heterocycles. The number of likely N-dealkylation sites (tertiary alicyclic amines) is 1. The van der Waals surface area contributed by atoms with Gasteiger partial charge in [0.15, 0.2) is 22.9 Å². The maximum absolute atomic E-state index is 11.5. The van der Waals surface area contributed by atoms with Crippen molar-refractivity contribution in [2.45, 2.75) is 42.6 Å². The van der Waals surface area contributed by atoms with E-state index in [9.17, 15) is 4.79 Å². The van der Waals surface area contributed by atoms with Gasteiger partial charge in [-0.05, 0) is 76.0 Å². The molecule has 4 rings (SSSR count). The molecule has 2 aromatic carbocycles. The van der Waals surface area contributed by atoms with E-state index < -0.39 is 0 Å². The first-order valence-corrected chi connectivity index (χ1v) is 12.4. The van der Waals surface area contributed by atoms with Crippen molar-refractivity contribution in [3.05, 3.63) is 53.7 Å². The zero-order chi connectivity index (χ0) is 22.5. The van der Waals surface area contributed by atoms with Crippen LogP contribution >= 0.6 is 22.6 Å². The number of para-hydroxylation sites is 1. The number of unbranched alkanes of at least 4 members (excludes halogenated alkanes) is 1. The third kappa shape index (κ3) is 5.26. The van der Waals surface area contributed by atoms with E-state index in [0.29, 0.717) is 33.6 Å². The van der Waals surface area contributed by atoms with Crippen molar-refractivity contribution < 1.29 is 18.8 Å². The van der Waals surface area contributed by atoms with Gasteiger partial charge in [0, 0.05) is 16.9 Å². The van der Waals surface area contributed by atoms with Crippen LogP contribution < -0.4 is 9.47 Å². The lowest BCUT2D eigenvalue weighted by Crippen LogP contribution is -2.39. The number of fused-ring (bicyclic) bond motifs is 1. The van der Waals surface area contributed by atoms with Crippen LogP contribution in [0.5, 0.6) is 11.5 Å². The van der Waals surface area contributed by atoms with E-state index in [1.807, 2.05) is 18.2 Å². The number of methoxy groups -OCH3 is 1. The lowest BCUT2D eigenvalue weighted by atomic mass is 9.91. The van der Waals surface area contributed by atoms with Crippen LogP contribution in [-0.4, -0.2) is 46.7 Å². The summed E-state index contributed by atoms with van der Waals surface area (Å²) in [5.74, 6) is 1.76. The molecule has 1 aliphatic heterocycles. The Morgan fingerprint density at radius 1 is 1.22 bits per heavy atom. The van der Waals surface area contributed by atoms with Crippen molar-refractivity contribution in [2.24, 2.45) is 0 Å². The number of benzene rings is 2. The maximum Gasteiger partial charge on any atom is 0.167 e. The third-order valence-electron chi connectivity index (χ3n) is 6.10. The molecule has 0 amide bonds. The summed E-state index contributed by atoms with van der Waals surface area (Å²) in [6, 6.07) is 13.5. The molecule has 2 unspecified atom stereocenters. The van der Waals surface area contributed by atoms with Gasteiger partial charge in [-0.1, -0.05) is 39.9 Å². The maximum atomic E-state index is 11.5. The number of carbonyl (C=O) groups is 1. The molecule has 0 radical (unpaired) electrons. The molecule has 0 aliphatic carbocycles. The predicted molar refractivity (Wildman–Crippen MR) is 133 cm³/mol. The van der Waals surface area contributed by atoms with Gasteiger partial charge in [-0.25, -0.2) is 0 Å². The van der Waals surface area contributed by atoms with Crippen molar-refractivity contribution in [1.82, 2.24) is 10.1 Å². The Bertz CT molecular complexity index is 1070. The fourth-order valence-corrected chi connectivity index (χ4v) is 5.44. The number of halogens is 1. The molecule has 170 valence electrons. The van der Waals surface area contributed by atoms with Gasteiger partial charge >= 0.3 is 0 Å². The van der Waals surface area contributed by atoms with E-state index in [2.05, 4.69) is 44.8 Å². The first-order valence-electron chi connectivity index (χ1n) is 11.1. The Morgan fingerprint density at radius 3 is 2.84 bits per heavy atom. The summed E-state index contributed by atoms with van der Waals surface area (Å²) < 4.78 is 17.3. The monoisotopic (exact) mass is 548 g/mol. The van der Waals surface area contributed by atoms with Gasteiger partial charge < -0.3 is 14.0 Å². The molecular formula is C25H29IN2O4. The number of piperidine rings is 1. The highest BCUT2D eigenvalue weighted by atomic mass is 127. The van der Waals surface area contributed by atoms with Crippen LogP contribution in [0.3, 0.4) is 0 Å². The van der Waals surface area contributed by atoms with E-state index in [1.54, 1.807) is 26.2 Å². The SMILES string of the molecule is COc1cc(C(C)=O)ccc1OCCCCN1CCC(c2noc3ccccc23)CC1I. The van der Waals surface area contributed by atoms with Gasteiger partial charge in [-0.2, -0.15) is 0 Å². The Labute approximate surface area is 202 Å². The normalized spacial score (nSPS) is 19.2. The van der Waals surface area contributed by atoms with Crippen LogP contribution in [0, 0.1) is 0 Å². The molecule has 6 nitrogen and oxygen atoms in total. The van der Waals surface area contributed by atoms with Crippen molar-refractivity contribution in [1.29, 1.82) is 0 Å². The molecule has 7 heteroatoms. The van der Waals surface area contributed by atoms with Gasteiger partial charge in [0.25, 0.3) is 0 Å². The first-order chi connectivity index (χ1) is 15.6. The third-order valence-corrected chi connectivity index (χ3v) is 7.40. The summed E-state index contributed by atoms with van der Waals surface area (Å²) in [4.78, 5) is 14.1. The zero-order valence-electron chi connectivity index (χ0n) is 18.6. The lowest BCUT2D eigenvalue weighted by Gasteiger charge is -2.36. The summed E-state index contributed by atoms with van der Waals surface area (Å²) in [5.41, 5.74) is 2.62. The molecule has 1 saturated heterocycles. The van der Waals surface area contributed by atoms with E-state index in [1.165, 1.54) is 0 Å². The largest absolute Gasteiger partial charge is 0.493 e. The number of Topliss-reactive ketones (excluding diaryl/α,β-unsaturated/α-hetero) is 1. The van der Waals surface area contributed by atoms with Gasteiger partial charge in [-0.3, -0.25) is 9.69 Å². The number of carbonyl (C=O) groups excluding carboxylic acids is 1. The van der Waals surface area contributed by atoms with E-state index >= 15 is 0 Å². The zero-order valence-corrected chi connectivity index (χ0v) is 20.7. The summed E-state index contributed by atoms with van der Waals surface area (Å²) in [6.45, 7) is 4.31. The summed E-state index contributed by atoms with van der Waals surface area (Å²) in [5, 5.41) is 5.53. The van der Waals surface area contributed by atoms with Crippen molar-refractivity contribution in [3.63, 3.8) is 0 Å². The molecular weight excluding hydrogens is 519 g/mol. The second kappa shape index (κ2) is 10.7. The molecule has 0 spiro atoms. The number of alkyl halides is 1. The number of nitrogens with zero attached hydrogens (tertiary/aromatic N) is 2. The molecule has 32 heavy (non-hydrogen) atoms. The van der Waals surface area contributed by atoms with Crippen LogP contribution in [0.15, 0.2) is 47.0 Å². The summed E-state index contributed by atoms with van der Waals surface area (Å²) in [6.07, 6.45) is 4.24. The smallest absolute Gasteiger partial charge is 0.167 e. The van der Waals surface area contributed by atoms with Gasteiger partial charge in [0.2, 0.25) is 0 Å². The Morgan fingerprint density at radius 2 is 2.06 bits per heavy atom. The highest BCUT2D eigenvalue weighted by Crippen LogP contribution is 2.37. The standard InChI is InChI=1S/C25H29IN2O4/c1-17(29)18-9-10-22(23(15-18)30-2)31-14-6-5-12-28-13-11-19(16-24(28)26)25-20-7-3-4-8-21(20)32-27-25/h3-4,7-10,15,19,24H,5-6,11-14,16H2,1-2H3. The fourth-order valence-electron chi connectivity index (χ4n) is 4.27.